The van der Waals surface area contributed by atoms with Crippen molar-refractivity contribution in [1.82, 2.24) is 9.62 Å². The Morgan fingerprint density at radius 2 is 1.71 bits per heavy atom. The van der Waals surface area contributed by atoms with Gasteiger partial charge in [0.15, 0.2) is 0 Å². The Hall–Kier alpha value is -2.64. The van der Waals surface area contributed by atoms with Gasteiger partial charge in [0.25, 0.3) is 0 Å². The van der Waals surface area contributed by atoms with Crippen molar-refractivity contribution in [2.75, 3.05) is 7.05 Å². The zero-order valence-electron chi connectivity index (χ0n) is 16.3. The standard InChI is InChI=1S/C21H24N2O4S/c1-14-9-11-18(12-10-14)28(25,26)22-15(2)21(24)23(4)16(3)20-13-17-7-5-6-8-19(17)27-20/h5-13,15-16,22H,1-4H3/t15-,16+/m1/s1. The molecule has 0 unspecified atom stereocenters. The van der Waals surface area contributed by atoms with Crippen LogP contribution in [0.4, 0.5) is 0 Å². The number of aryl methyl sites for hydroxylation is 1. The van der Waals surface area contributed by atoms with Gasteiger partial charge in [-0.2, -0.15) is 4.72 Å². The van der Waals surface area contributed by atoms with Gasteiger partial charge in [-0.15, -0.1) is 0 Å². The van der Waals surface area contributed by atoms with Gasteiger partial charge in [0.1, 0.15) is 11.3 Å². The van der Waals surface area contributed by atoms with Gasteiger partial charge in [-0.25, -0.2) is 8.42 Å². The van der Waals surface area contributed by atoms with Crippen LogP contribution in [-0.2, 0) is 14.8 Å². The van der Waals surface area contributed by atoms with Gasteiger partial charge in [-0.1, -0.05) is 35.9 Å². The van der Waals surface area contributed by atoms with Gasteiger partial charge in [-0.05, 0) is 45.0 Å². The number of rotatable bonds is 6. The van der Waals surface area contributed by atoms with Crippen molar-refractivity contribution in [3.05, 3.63) is 65.9 Å². The van der Waals surface area contributed by atoms with Gasteiger partial charge in [-0.3, -0.25) is 4.79 Å². The number of furan rings is 1. The second kappa shape index (κ2) is 7.77. The Labute approximate surface area is 165 Å². The summed E-state index contributed by atoms with van der Waals surface area (Å²) in [4.78, 5) is 14.4. The highest BCUT2D eigenvalue weighted by Gasteiger charge is 2.28. The molecule has 3 aromatic rings. The maximum absolute atomic E-state index is 12.8. The summed E-state index contributed by atoms with van der Waals surface area (Å²) in [6.07, 6.45) is 0. The van der Waals surface area contributed by atoms with Gasteiger partial charge >= 0.3 is 0 Å². The Balaban J connectivity index is 1.73. The number of benzene rings is 2. The highest BCUT2D eigenvalue weighted by Crippen LogP contribution is 2.27. The summed E-state index contributed by atoms with van der Waals surface area (Å²) in [5, 5.41) is 0.957. The van der Waals surface area contributed by atoms with Crippen molar-refractivity contribution in [3.63, 3.8) is 0 Å². The molecule has 2 atom stereocenters. The molecule has 3 rings (SSSR count). The number of hydrogen-bond donors (Lipinski definition) is 1. The van der Waals surface area contributed by atoms with Crippen LogP contribution in [0.1, 0.15) is 31.2 Å². The number of amides is 1. The lowest BCUT2D eigenvalue weighted by Crippen LogP contribution is -2.46. The lowest BCUT2D eigenvalue weighted by Gasteiger charge is -2.26. The molecule has 1 aromatic heterocycles. The van der Waals surface area contributed by atoms with E-state index in [9.17, 15) is 13.2 Å². The first-order chi connectivity index (χ1) is 13.2. The minimum Gasteiger partial charge on any atom is -0.459 e. The zero-order valence-corrected chi connectivity index (χ0v) is 17.2. The van der Waals surface area contributed by atoms with Crippen molar-refractivity contribution in [1.29, 1.82) is 0 Å². The van der Waals surface area contributed by atoms with Crippen molar-refractivity contribution >= 4 is 26.9 Å². The molecule has 0 spiro atoms. The van der Waals surface area contributed by atoms with Crippen LogP contribution >= 0.6 is 0 Å². The lowest BCUT2D eigenvalue weighted by atomic mass is 10.2. The molecule has 1 heterocycles. The van der Waals surface area contributed by atoms with E-state index in [1.165, 1.54) is 24.0 Å². The average Bonchev–Trinajstić information content (AvgIpc) is 3.10. The Bertz CT molecular complexity index is 1050. The number of carbonyl (C=O) groups excluding carboxylic acids is 1. The van der Waals surface area contributed by atoms with Crippen LogP contribution in [0, 0.1) is 6.92 Å². The Kier molecular flexibility index (Phi) is 5.58. The minimum atomic E-state index is -3.79. The highest BCUT2D eigenvalue weighted by molar-refractivity contribution is 7.89. The van der Waals surface area contributed by atoms with Crippen molar-refractivity contribution in [3.8, 4) is 0 Å². The summed E-state index contributed by atoms with van der Waals surface area (Å²) in [6.45, 7) is 5.26. The van der Waals surface area contributed by atoms with Gasteiger partial charge in [0.05, 0.1) is 17.0 Å². The van der Waals surface area contributed by atoms with Crippen LogP contribution in [0.25, 0.3) is 11.0 Å². The molecular weight excluding hydrogens is 376 g/mol. The predicted molar refractivity (Wildman–Crippen MR) is 108 cm³/mol. The molecule has 0 fully saturated rings. The van der Waals surface area contributed by atoms with E-state index in [1.807, 2.05) is 44.2 Å². The molecule has 0 saturated heterocycles. The van der Waals surface area contributed by atoms with Crippen LogP contribution in [0.15, 0.2) is 63.9 Å². The topological polar surface area (TPSA) is 79.6 Å². The van der Waals surface area contributed by atoms with E-state index in [-0.39, 0.29) is 16.8 Å². The Morgan fingerprint density at radius 3 is 2.36 bits per heavy atom. The van der Waals surface area contributed by atoms with E-state index in [1.54, 1.807) is 19.2 Å². The van der Waals surface area contributed by atoms with E-state index in [2.05, 4.69) is 4.72 Å². The molecule has 0 aliphatic carbocycles. The second-order valence-corrected chi connectivity index (χ2v) is 8.68. The monoisotopic (exact) mass is 400 g/mol. The van der Waals surface area contributed by atoms with Crippen LogP contribution in [0.5, 0.6) is 0 Å². The fraction of sp³-hybridized carbons (Fsp3) is 0.286. The van der Waals surface area contributed by atoms with Crippen LogP contribution in [0.3, 0.4) is 0 Å². The van der Waals surface area contributed by atoms with Crippen molar-refractivity contribution in [2.45, 2.75) is 37.8 Å². The Morgan fingerprint density at radius 1 is 1.07 bits per heavy atom. The molecule has 7 heteroatoms. The van der Waals surface area contributed by atoms with E-state index >= 15 is 0 Å². The number of fused-ring (bicyclic) bond motifs is 1. The number of nitrogens with one attached hydrogen (secondary N) is 1. The molecule has 148 valence electrons. The molecule has 1 N–H and O–H groups in total. The largest absolute Gasteiger partial charge is 0.459 e. The number of sulfonamides is 1. The van der Waals surface area contributed by atoms with Crippen LogP contribution < -0.4 is 4.72 Å². The third kappa shape index (κ3) is 4.10. The molecule has 28 heavy (non-hydrogen) atoms. The number of likely N-dealkylation sites (N-methyl/N-ethyl adjacent to an activating group) is 1. The normalized spacial score (nSPS) is 14.0. The maximum atomic E-state index is 12.8. The molecule has 6 nitrogen and oxygen atoms in total. The molecular formula is C21H24N2O4S. The van der Waals surface area contributed by atoms with E-state index in [0.717, 1.165) is 16.5 Å². The summed E-state index contributed by atoms with van der Waals surface area (Å²) in [5.41, 5.74) is 1.71. The zero-order chi connectivity index (χ0) is 20.5. The molecule has 2 aromatic carbocycles. The summed E-state index contributed by atoms with van der Waals surface area (Å²) in [7, 11) is -2.15. The summed E-state index contributed by atoms with van der Waals surface area (Å²) < 4.78 is 33.4. The number of para-hydroxylation sites is 1. The predicted octanol–water partition coefficient (Wildman–Crippen LogP) is 3.63. The quantitative estimate of drug-likeness (QED) is 0.685. The summed E-state index contributed by atoms with van der Waals surface area (Å²) in [5.74, 6) is 0.300. The number of nitrogens with zero attached hydrogens (tertiary/aromatic N) is 1. The van der Waals surface area contributed by atoms with Crippen molar-refractivity contribution in [2.24, 2.45) is 0 Å². The average molecular weight is 401 g/mol. The molecule has 0 aliphatic heterocycles. The first-order valence-electron chi connectivity index (χ1n) is 9.03. The number of hydrogen-bond acceptors (Lipinski definition) is 4. The summed E-state index contributed by atoms with van der Waals surface area (Å²) in [6, 6.07) is 14.7. The minimum absolute atomic E-state index is 0.130. The third-order valence-corrected chi connectivity index (χ3v) is 6.38. The summed E-state index contributed by atoms with van der Waals surface area (Å²) >= 11 is 0. The second-order valence-electron chi connectivity index (χ2n) is 6.97. The first-order valence-corrected chi connectivity index (χ1v) is 10.5. The van der Waals surface area contributed by atoms with E-state index in [0.29, 0.717) is 5.76 Å². The van der Waals surface area contributed by atoms with Crippen LogP contribution in [0.2, 0.25) is 0 Å². The fourth-order valence-electron chi connectivity index (χ4n) is 2.96. The smallest absolute Gasteiger partial charge is 0.241 e. The molecule has 0 saturated carbocycles. The van der Waals surface area contributed by atoms with Gasteiger partial charge in [0.2, 0.25) is 15.9 Å². The molecule has 0 bridgehead atoms. The first kappa shape index (κ1) is 20.1. The van der Waals surface area contributed by atoms with Gasteiger partial charge in [0, 0.05) is 12.4 Å². The third-order valence-electron chi connectivity index (χ3n) is 4.82. The lowest BCUT2D eigenvalue weighted by molar-refractivity contribution is -0.133. The highest BCUT2D eigenvalue weighted by atomic mass is 32.2. The molecule has 0 aliphatic rings. The maximum Gasteiger partial charge on any atom is 0.241 e. The van der Waals surface area contributed by atoms with Crippen LogP contribution in [-0.4, -0.2) is 32.3 Å². The molecule has 0 radical (unpaired) electrons. The molecule has 1 amide bonds. The number of carbonyl (C=O) groups is 1. The van der Waals surface area contributed by atoms with E-state index < -0.39 is 16.1 Å². The SMILES string of the molecule is Cc1ccc(S(=O)(=O)N[C@H](C)C(=O)N(C)[C@@H](C)c2cc3ccccc3o2)cc1. The van der Waals surface area contributed by atoms with Gasteiger partial charge < -0.3 is 9.32 Å². The van der Waals surface area contributed by atoms with Crippen molar-refractivity contribution < 1.29 is 17.6 Å². The fourth-order valence-corrected chi connectivity index (χ4v) is 4.16. The van der Waals surface area contributed by atoms with E-state index in [4.69, 9.17) is 4.42 Å².